The van der Waals surface area contributed by atoms with Gasteiger partial charge in [-0.2, -0.15) is 8.42 Å². The minimum Gasteiger partial charge on any atom is -0.493 e. The van der Waals surface area contributed by atoms with Gasteiger partial charge in [0.25, 0.3) is 15.9 Å². The molecule has 1 fully saturated rings. The number of piperidine rings is 1. The summed E-state index contributed by atoms with van der Waals surface area (Å²) >= 11 is 0. The number of nitrogens with zero attached hydrogens (tertiary/aromatic N) is 3. The van der Waals surface area contributed by atoms with E-state index in [4.69, 9.17) is 15.5 Å². The van der Waals surface area contributed by atoms with Crippen molar-refractivity contribution in [2.45, 2.75) is 39.1 Å². The Morgan fingerprint density at radius 1 is 1.13 bits per heavy atom. The maximum atomic E-state index is 14.5. The zero-order valence-electron chi connectivity index (χ0n) is 22.5. The second-order valence-corrected chi connectivity index (χ2v) is 12.3. The first-order valence-corrected chi connectivity index (χ1v) is 14.4. The lowest BCUT2D eigenvalue weighted by Gasteiger charge is -2.36. The van der Waals surface area contributed by atoms with Crippen LogP contribution in [0.25, 0.3) is 11.3 Å². The third-order valence-corrected chi connectivity index (χ3v) is 7.52. The first-order valence-electron chi connectivity index (χ1n) is 12.9. The highest BCUT2D eigenvalue weighted by Crippen LogP contribution is 2.32. The maximum absolute atomic E-state index is 14.5. The second-order valence-electron chi connectivity index (χ2n) is 10.6. The number of nitrogens with one attached hydrogen (secondary N) is 1. The van der Waals surface area contributed by atoms with E-state index >= 15 is 0 Å². The fourth-order valence-electron chi connectivity index (χ4n) is 4.73. The summed E-state index contributed by atoms with van der Waals surface area (Å²) in [6.45, 7) is 9.94. The van der Waals surface area contributed by atoms with Crippen molar-refractivity contribution in [3.8, 4) is 17.0 Å². The zero-order valence-corrected chi connectivity index (χ0v) is 23.3. The van der Waals surface area contributed by atoms with Crippen LogP contribution in [0.4, 0.5) is 16.0 Å². The van der Waals surface area contributed by atoms with E-state index in [2.05, 4.69) is 23.6 Å². The summed E-state index contributed by atoms with van der Waals surface area (Å²) in [6, 6.07) is 11.6. The van der Waals surface area contributed by atoms with Crippen LogP contribution in [0, 0.1) is 23.6 Å². The molecule has 0 spiro atoms. The monoisotopic (exact) mass is 555 g/mol. The summed E-state index contributed by atoms with van der Waals surface area (Å²) < 4.78 is 48.1. The second kappa shape index (κ2) is 11.6. The summed E-state index contributed by atoms with van der Waals surface area (Å²) in [5.74, 6) is 0.331. The fourth-order valence-corrected chi connectivity index (χ4v) is 5.67. The Labute approximate surface area is 228 Å². The molecule has 39 heavy (non-hydrogen) atoms. The standard InChI is InChI=1S/C28H34FN5O4S/c1-17(2)16-38-22-12-20(11-21(29)13-22)24-9-8-23(27(31-24)34-14-18(3)10-19(4)15-34)28(35)33-39(36,37)26-7-5-6-25(30)32-26/h5-9,11-13,17-19H,10,14-16H2,1-4H3,(H2,30,32)(H,33,35)/t18-,19-/m0/s1. The van der Waals surface area contributed by atoms with Crippen LogP contribution >= 0.6 is 0 Å². The molecule has 1 amide bonds. The van der Waals surface area contributed by atoms with Gasteiger partial charge in [0, 0.05) is 24.7 Å². The van der Waals surface area contributed by atoms with E-state index in [1.165, 1.54) is 36.4 Å². The molecular weight excluding hydrogens is 521 g/mol. The molecule has 3 aromatic rings. The third kappa shape index (κ3) is 7.03. The van der Waals surface area contributed by atoms with Gasteiger partial charge in [0.1, 0.15) is 23.2 Å². The number of carbonyl (C=O) groups is 1. The molecule has 11 heteroatoms. The lowest BCUT2D eigenvalue weighted by molar-refractivity contribution is 0.0981. The molecule has 1 aliphatic rings. The van der Waals surface area contributed by atoms with Crippen LogP contribution in [-0.4, -0.2) is 44.0 Å². The van der Waals surface area contributed by atoms with Gasteiger partial charge < -0.3 is 15.4 Å². The van der Waals surface area contributed by atoms with Crippen molar-refractivity contribution in [1.82, 2.24) is 14.7 Å². The fraction of sp³-hybridized carbons (Fsp3) is 0.393. The van der Waals surface area contributed by atoms with Gasteiger partial charge >= 0.3 is 0 Å². The van der Waals surface area contributed by atoms with Crippen molar-refractivity contribution in [2.75, 3.05) is 30.3 Å². The highest BCUT2D eigenvalue weighted by molar-refractivity contribution is 7.90. The number of amides is 1. The summed E-state index contributed by atoms with van der Waals surface area (Å²) in [7, 11) is -4.29. The summed E-state index contributed by atoms with van der Waals surface area (Å²) in [6.07, 6.45) is 1.02. The molecule has 2 atom stereocenters. The van der Waals surface area contributed by atoms with Crippen LogP contribution in [0.5, 0.6) is 5.75 Å². The number of hydrogen-bond donors (Lipinski definition) is 2. The number of anilines is 2. The van der Waals surface area contributed by atoms with Crippen molar-refractivity contribution in [3.05, 3.63) is 59.9 Å². The average molecular weight is 556 g/mol. The predicted octanol–water partition coefficient (Wildman–Crippen LogP) is 4.50. The van der Waals surface area contributed by atoms with Crippen molar-refractivity contribution in [3.63, 3.8) is 0 Å². The number of hydrogen-bond acceptors (Lipinski definition) is 8. The van der Waals surface area contributed by atoms with Gasteiger partial charge in [-0.15, -0.1) is 0 Å². The van der Waals surface area contributed by atoms with Gasteiger partial charge in [0.05, 0.1) is 17.9 Å². The number of aromatic nitrogens is 2. The largest absolute Gasteiger partial charge is 0.493 e. The van der Waals surface area contributed by atoms with Gasteiger partial charge in [0.2, 0.25) is 0 Å². The van der Waals surface area contributed by atoms with Crippen molar-refractivity contribution >= 4 is 27.6 Å². The molecule has 3 heterocycles. The van der Waals surface area contributed by atoms with Crippen LogP contribution < -0.4 is 20.1 Å². The normalized spacial score (nSPS) is 17.7. The quantitative estimate of drug-likeness (QED) is 0.416. The molecule has 0 aliphatic carbocycles. The maximum Gasteiger partial charge on any atom is 0.281 e. The van der Waals surface area contributed by atoms with Crippen LogP contribution in [-0.2, 0) is 10.0 Å². The molecular formula is C28H34FN5O4S. The molecule has 1 aromatic carbocycles. The summed E-state index contributed by atoms with van der Waals surface area (Å²) in [4.78, 5) is 23.9. The third-order valence-electron chi connectivity index (χ3n) is 6.29. The molecule has 0 saturated carbocycles. The predicted molar refractivity (Wildman–Crippen MR) is 148 cm³/mol. The average Bonchev–Trinajstić information content (AvgIpc) is 2.86. The Bertz CT molecular complexity index is 1450. The SMILES string of the molecule is CC(C)COc1cc(F)cc(-c2ccc(C(=O)NS(=O)(=O)c3cccc(N)n3)c(N3C[C@@H](C)C[C@H](C)C3)n2)c1. The first kappa shape index (κ1) is 28.3. The molecule has 0 bridgehead atoms. The van der Waals surface area contributed by atoms with Gasteiger partial charge in [-0.05, 0) is 60.6 Å². The highest BCUT2D eigenvalue weighted by Gasteiger charge is 2.29. The number of halogens is 1. The van der Waals surface area contributed by atoms with Crippen LogP contribution in [0.3, 0.4) is 0 Å². The molecule has 0 radical (unpaired) electrons. The number of ether oxygens (including phenoxy) is 1. The van der Waals surface area contributed by atoms with E-state index in [1.54, 1.807) is 12.1 Å². The van der Waals surface area contributed by atoms with E-state index in [-0.39, 0.29) is 22.3 Å². The highest BCUT2D eigenvalue weighted by atomic mass is 32.2. The number of carbonyl (C=O) groups excluding carboxylic acids is 1. The van der Waals surface area contributed by atoms with Crippen molar-refractivity contribution in [1.29, 1.82) is 0 Å². The van der Waals surface area contributed by atoms with E-state index in [0.717, 1.165) is 6.42 Å². The zero-order chi connectivity index (χ0) is 28.3. The van der Waals surface area contributed by atoms with Gasteiger partial charge in [0.15, 0.2) is 5.03 Å². The molecule has 2 aromatic heterocycles. The molecule has 3 N–H and O–H groups in total. The van der Waals surface area contributed by atoms with Gasteiger partial charge in [-0.1, -0.05) is 33.8 Å². The van der Waals surface area contributed by atoms with Gasteiger partial charge in [-0.3, -0.25) is 4.79 Å². The molecule has 1 aliphatic heterocycles. The van der Waals surface area contributed by atoms with Crippen LogP contribution in [0.15, 0.2) is 53.6 Å². The molecule has 9 nitrogen and oxygen atoms in total. The van der Waals surface area contributed by atoms with Gasteiger partial charge in [-0.25, -0.2) is 19.1 Å². The van der Waals surface area contributed by atoms with E-state index < -0.39 is 21.7 Å². The summed E-state index contributed by atoms with van der Waals surface area (Å²) in [5.41, 5.74) is 6.63. The Morgan fingerprint density at radius 3 is 2.51 bits per heavy atom. The number of nitrogens with two attached hydrogens (primary N) is 1. The molecule has 1 saturated heterocycles. The van der Waals surface area contributed by atoms with Crippen molar-refractivity contribution < 1.29 is 22.3 Å². The lowest BCUT2D eigenvalue weighted by atomic mass is 9.91. The number of pyridine rings is 2. The Balaban J connectivity index is 1.73. The molecule has 4 rings (SSSR count). The smallest absolute Gasteiger partial charge is 0.281 e. The number of nitrogen functional groups attached to an aromatic ring is 1. The van der Waals surface area contributed by atoms with Crippen LogP contribution in [0.1, 0.15) is 44.5 Å². The van der Waals surface area contributed by atoms with E-state index in [9.17, 15) is 17.6 Å². The molecule has 0 unspecified atom stereocenters. The first-order chi connectivity index (χ1) is 18.4. The Kier molecular flexibility index (Phi) is 8.39. The van der Waals surface area contributed by atoms with E-state index in [0.29, 0.717) is 54.4 Å². The minimum absolute atomic E-state index is 0.0140. The Morgan fingerprint density at radius 2 is 1.85 bits per heavy atom. The Hall–Kier alpha value is -3.73. The van der Waals surface area contributed by atoms with Crippen LogP contribution in [0.2, 0.25) is 0 Å². The lowest BCUT2D eigenvalue weighted by Crippen LogP contribution is -2.41. The minimum atomic E-state index is -4.29. The number of sulfonamides is 1. The summed E-state index contributed by atoms with van der Waals surface area (Å²) in [5, 5.41) is -0.365. The van der Waals surface area contributed by atoms with E-state index in [1.807, 2.05) is 18.7 Å². The topological polar surface area (TPSA) is 128 Å². The molecule has 208 valence electrons. The number of benzene rings is 1. The number of rotatable bonds is 8. The van der Waals surface area contributed by atoms with Crippen molar-refractivity contribution in [2.24, 2.45) is 17.8 Å².